The molecule has 0 saturated heterocycles. The quantitative estimate of drug-likeness (QED) is 0.332. The van der Waals surface area contributed by atoms with Gasteiger partial charge in [0.05, 0.1) is 0 Å². The van der Waals surface area contributed by atoms with Gasteiger partial charge < -0.3 is 4.74 Å². The maximum absolute atomic E-state index is 11.4. The maximum atomic E-state index is 11.4. The summed E-state index contributed by atoms with van der Waals surface area (Å²) in [6, 6.07) is 0. The molecule has 0 spiro atoms. The van der Waals surface area contributed by atoms with Crippen LogP contribution in [0.5, 0.6) is 0 Å². The van der Waals surface area contributed by atoms with Crippen molar-refractivity contribution < 1.29 is 9.53 Å². The Morgan fingerprint density at radius 3 is 2.35 bits per heavy atom. The molecular formula is C29H48O2. The molecule has 0 aromatic carbocycles. The molecule has 0 aromatic heterocycles. The van der Waals surface area contributed by atoms with Crippen molar-refractivity contribution in [3.63, 3.8) is 0 Å². The second-order valence-corrected chi connectivity index (χ2v) is 12.6. The minimum atomic E-state index is -0.0893. The maximum Gasteiger partial charge on any atom is 0.302 e. The van der Waals surface area contributed by atoms with E-state index in [4.69, 9.17) is 4.74 Å². The second-order valence-electron chi connectivity index (χ2n) is 12.6. The van der Waals surface area contributed by atoms with E-state index in [1.54, 1.807) is 6.92 Å². The highest BCUT2D eigenvalue weighted by atomic mass is 16.5. The number of carbonyl (C=O) groups is 1. The Morgan fingerprint density at radius 1 is 0.903 bits per heavy atom. The number of ether oxygens (including phenoxy) is 1. The Bertz CT molecular complexity index is 666. The number of allylic oxidation sites excluding steroid dienone is 2. The molecule has 10 atom stereocenters. The van der Waals surface area contributed by atoms with Crippen LogP contribution >= 0.6 is 0 Å². The molecule has 4 fully saturated rings. The molecule has 0 aliphatic heterocycles. The average molecular weight is 429 g/mol. The van der Waals surface area contributed by atoms with Crippen molar-refractivity contribution in [1.29, 1.82) is 0 Å². The molecule has 0 amide bonds. The highest BCUT2D eigenvalue weighted by Crippen LogP contribution is 2.65. The zero-order valence-corrected chi connectivity index (χ0v) is 21.1. The van der Waals surface area contributed by atoms with Crippen molar-refractivity contribution in [3.8, 4) is 0 Å². The first-order valence-corrected chi connectivity index (χ1v) is 13.6. The predicted octanol–water partition coefficient (Wildman–Crippen LogP) is 7.67. The van der Waals surface area contributed by atoms with Crippen LogP contribution in [-0.4, -0.2) is 12.1 Å². The Hall–Kier alpha value is -0.790. The van der Waals surface area contributed by atoms with E-state index >= 15 is 0 Å². The van der Waals surface area contributed by atoms with Crippen LogP contribution in [0.25, 0.3) is 0 Å². The van der Waals surface area contributed by atoms with E-state index in [0.717, 1.165) is 54.3 Å². The largest absolute Gasteiger partial charge is 0.463 e. The van der Waals surface area contributed by atoms with Gasteiger partial charge in [0.25, 0.3) is 0 Å². The van der Waals surface area contributed by atoms with Gasteiger partial charge in [-0.2, -0.15) is 0 Å². The van der Waals surface area contributed by atoms with E-state index < -0.39 is 0 Å². The van der Waals surface area contributed by atoms with Crippen molar-refractivity contribution in [2.24, 2.45) is 58.7 Å². The van der Waals surface area contributed by atoms with Crippen LogP contribution in [-0.2, 0) is 9.53 Å². The average Bonchev–Trinajstić information content (AvgIpc) is 3.08. The van der Waals surface area contributed by atoms with Gasteiger partial charge in [-0.25, -0.2) is 0 Å². The molecule has 0 bridgehead atoms. The second kappa shape index (κ2) is 9.22. The standard InChI is InChI=1S/C29H48O2/c1-18(2)19(3)7-8-20(4)27-13-14-28-26-11-9-22-17-23(31-21(5)30)10-12-24(22)25(26)15-16-29(27,28)6/h7-8,18-20,22-28H,9-17H2,1-6H3. The summed E-state index contributed by atoms with van der Waals surface area (Å²) < 4.78 is 5.61. The molecule has 4 aliphatic rings. The molecule has 2 nitrogen and oxygen atoms in total. The molecule has 10 unspecified atom stereocenters. The third-order valence-electron chi connectivity index (χ3n) is 10.7. The van der Waals surface area contributed by atoms with E-state index in [0.29, 0.717) is 17.3 Å². The fraction of sp³-hybridized carbons (Fsp3) is 0.897. The summed E-state index contributed by atoms with van der Waals surface area (Å²) in [7, 11) is 0. The molecule has 4 aliphatic carbocycles. The molecule has 0 heterocycles. The van der Waals surface area contributed by atoms with Gasteiger partial charge in [0.2, 0.25) is 0 Å². The zero-order chi connectivity index (χ0) is 22.3. The lowest BCUT2D eigenvalue weighted by molar-refractivity contribution is -0.152. The van der Waals surface area contributed by atoms with Crippen LogP contribution in [0.3, 0.4) is 0 Å². The van der Waals surface area contributed by atoms with Gasteiger partial charge in [0.1, 0.15) is 6.10 Å². The lowest BCUT2D eigenvalue weighted by atomic mass is 9.49. The molecule has 0 aromatic rings. The fourth-order valence-corrected chi connectivity index (χ4v) is 8.76. The molecule has 0 N–H and O–H groups in total. The van der Waals surface area contributed by atoms with Crippen molar-refractivity contribution >= 4 is 5.97 Å². The Labute approximate surface area is 192 Å². The predicted molar refractivity (Wildman–Crippen MR) is 128 cm³/mol. The van der Waals surface area contributed by atoms with Crippen LogP contribution in [0.4, 0.5) is 0 Å². The smallest absolute Gasteiger partial charge is 0.302 e. The van der Waals surface area contributed by atoms with E-state index in [-0.39, 0.29) is 12.1 Å². The molecule has 2 heteroatoms. The van der Waals surface area contributed by atoms with Crippen LogP contribution in [0.2, 0.25) is 0 Å². The third kappa shape index (κ3) is 4.51. The van der Waals surface area contributed by atoms with E-state index in [2.05, 4.69) is 46.8 Å². The van der Waals surface area contributed by atoms with Crippen LogP contribution < -0.4 is 0 Å². The summed E-state index contributed by atoms with van der Waals surface area (Å²) in [5, 5.41) is 0. The number of rotatable bonds is 5. The van der Waals surface area contributed by atoms with Gasteiger partial charge in [-0.3, -0.25) is 4.79 Å². The topological polar surface area (TPSA) is 26.3 Å². The molecule has 4 rings (SSSR count). The fourth-order valence-electron chi connectivity index (χ4n) is 8.76. The third-order valence-corrected chi connectivity index (χ3v) is 10.7. The number of hydrogen-bond acceptors (Lipinski definition) is 2. The summed E-state index contributed by atoms with van der Waals surface area (Å²) in [5.74, 6) is 7.46. The van der Waals surface area contributed by atoms with E-state index in [1.807, 2.05) is 0 Å². The van der Waals surface area contributed by atoms with Crippen LogP contribution in [0.1, 0.15) is 99.3 Å². The number of fused-ring (bicyclic) bond motifs is 5. The molecule has 0 radical (unpaired) electrons. The molecule has 31 heavy (non-hydrogen) atoms. The lowest BCUT2D eigenvalue weighted by Gasteiger charge is -2.56. The summed E-state index contributed by atoms with van der Waals surface area (Å²) >= 11 is 0. The summed E-state index contributed by atoms with van der Waals surface area (Å²) in [6.45, 7) is 13.8. The van der Waals surface area contributed by atoms with Gasteiger partial charge in [-0.15, -0.1) is 0 Å². The highest BCUT2D eigenvalue weighted by Gasteiger charge is 2.57. The number of esters is 1. The van der Waals surface area contributed by atoms with Gasteiger partial charge >= 0.3 is 5.97 Å². The first-order valence-electron chi connectivity index (χ1n) is 13.6. The van der Waals surface area contributed by atoms with Crippen molar-refractivity contribution in [2.75, 3.05) is 0 Å². The summed E-state index contributed by atoms with van der Waals surface area (Å²) in [6.07, 6.45) is 17.4. The van der Waals surface area contributed by atoms with E-state index in [1.165, 1.54) is 44.9 Å². The minimum absolute atomic E-state index is 0.0893. The van der Waals surface area contributed by atoms with Gasteiger partial charge in [-0.05, 0) is 116 Å². The number of carbonyl (C=O) groups excluding carboxylic acids is 1. The highest BCUT2D eigenvalue weighted by molar-refractivity contribution is 5.66. The van der Waals surface area contributed by atoms with Gasteiger partial charge in [0.15, 0.2) is 0 Å². The lowest BCUT2D eigenvalue weighted by Crippen LogP contribution is -2.49. The Morgan fingerprint density at radius 2 is 1.65 bits per heavy atom. The SMILES string of the molecule is CC(=O)OC1CCC2C(CCC3C2CCC2(C)C(C(C)C=CC(C)C(C)C)CCC32)C1. The molecule has 176 valence electrons. The molecular weight excluding hydrogens is 380 g/mol. The van der Waals surface area contributed by atoms with Gasteiger partial charge in [0, 0.05) is 6.92 Å². The summed E-state index contributed by atoms with van der Waals surface area (Å²) in [5.41, 5.74) is 0.549. The van der Waals surface area contributed by atoms with Gasteiger partial charge in [-0.1, -0.05) is 46.8 Å². The van der Waals surface area contributed by atoms with E-state index in [9.17, 15) is 4.79 Å². The zero-order valence-electron chi connectivity index (χ0n) is 21.1. The van der Waals surface area contributed by atoms with Crippen LogP contribution in [0, 0.1) is 58.7 Å². The Kier molecular flexibility index (Phi) is 6.95. The molecule has 4 saturated carbocycles. The first kappa shape index (κ1) is 23.4. The first-order chi connectivity index (χ1) is 14.7. The van der Waals surface area contributed by atoms with Crippen LogP contribution in [0.15, 0.2) is 12.2 Å². The van der Waals surface area contributed by atoms with Crippen molar-refractivity contribution in [1.82, 2.24) is 0 Å². The normalized spacial score (nSPS) is 44.4. The minimum Gasteiger partial charge on any atom is -0.463 e. The van der Waals surface area contributed by atoms with Crippen molar-refractivity contribution in [3.05, 3.63) is 12.2 Å². The number of hydrogen-bond donors (Lipinski definition) is 0. The summed E-state index contributed by atoms with van der Waals surface area (Å²) in [4.78, 5) is 11.4. The van der Waals surface area contributed by atoms with Crippen molar-refractivity contribution in [2.45, 2.75) is 105 Å². The monoisotopic (exact) mass is 428 g/mol. The Balaban J connectivity index is 1.42.